The van der Waals surface area contributed by atoms with Gasteiger partial charge in [-0.05, 0) is 12.1 Å². The zero-order valence-electron chi connectivity index (χ0n) is 19.6. The first-order chi connectivity index (χ1) is 18.2. The van der Waals surface area contributed by atoms with Crippen LogP contribution in [0.4, 0.5) is 5.13 Å². The van der Waals surface area contributed by atoms with Gasteiger partial charge in [0.05, 0.1) is 6.20 Å². The van der Waals surface area contributed by atoms with Crippen LogP contribution in [0.15, 0.2) is 52.5 Å². The largest absolute Gasteiger partial charge is 0.477 e. The normalized spacial score (nSPS) is 19.2. The lowest BCUT2D eigenvalue weighted by Gasteiger charge is -2.49. The van der Waals surface area contributed by atoms with Crippen LogP contribution < -0.4 is 15.6 Å². The lowest BCUT2D eigenvalue weighted by molar-refractivity contribution is -0.688. The first kappa shape index (κ1) is 25.2. The van der Waals surface area contributed by atoms with E-state index in [9.17, 15) is 29.4 Å². The number of carboxylic acids is 2. The molecule has 14 nitrogen and oxygen atoms in total. The van der Waals surface area contributed by atoms with Crippen molar-refractivity contribution in [1.29, 1.82) is 0 Å². The summed E-state index contributed by atoms with van der Waals surface area (Å²) in [5.41, 5.74) is 6.74. The smallest absolute Gasteiger partial charge is 0.352 e. The minimum Gasteiger partial charge on any atom is -0.477 e. The van der Waals surface area contributed by atoms with Gasteiger partial charge in [-0.2, -0.15) is 4.57 Å². The fraction of sp³-hybridized carbons (Fsp3) is 0.227. The Hall–Kier alpha value is -4.44. The van der Waals surface area contributed by atoms with Gasteiger partial charge in [-0.3, -0.25) is 18.9 Å². The van der Waals surface area contributed by atoms with Crippen molar-refractivity contribution in [3.05, 3.63) is 58.8 Å². The number of hydrogen-bond donors (Lipinski definition) is 4. The Morgan fingerprint density at radius 1 is 1.32 bits per heavy atom. The van der Waals surface area contributed by atoms with Gasteiger partial charge in [0.25, 0.3) is 11.8 Å². The molecule has 2 aliphatic rings. The number of thioether (sulfide) groups is 1. The maximum absolute atomic E-state index is 13.0. The van der Waals surface area contributed by atoms with Gasteiger partial charge < -0.3 is 26.1 Å². The summed E-state index contributed by atoms with van der Waals surface area (Å²) in [6.07, 6.45) is 4.90. The highest BCUT2D eigenvalue weighted by Gasteiger charge is 2.54. The molecule has 196 valence electrons. The molecule has 0 aromatic carbocycles. The number of anilines is 1. The lowest BCUT2D eigenvalue weighted by atomic mass is 10.0. The summed E-state index contributed by atoms with van der Waals surface area (Å²) in [6.45, 7) is 0.169. The fourth-order valence-electron chi connectivity index (χ4n) is 4.30. The van der Waals surface area contributed by atoms with Crippen LogP contribution in [-0.2, 0) is 25.8 Å². The molecule has 2 amide bonds. The molecule has 0 saturated carbocycles. The van der Waals surface area contributed by atoms with E-state index in [2.05, 4.69) is 15.5 Å². The number of nitrogens with two attached hydrogens (primary N) is 1. The van der Waals surface area contributed by atoms with Crippen LogP contribution in [-0.4, -0.2) is 78.2 Å². The third-order valence-corrected chi connectivity index (χ3v) is 7.96. The number of oxime groups is 1. The average Bonchev–Trinajstić information content (AvgIpc) is 3.51. The van der Waals surface area contributed by atoms with E-state index in [-0.39, 0.29) is 34.5 Å². The van der Waals surface area contributed by atoms with E-state index in [1.54, 1.807) is 29.2 Å². The summed E-state index contributed by atoms with van der Waals surface area (Å²) in [5, 5.41) is 26.7. The van der Waals surface area contributed by atoms with Crippen molar-refractivity contribution in [2.24, 2.45) is 5.16 Å². The summed E-state index contributed by atoms with van der Waals surface area (Å²) in [5.74, 6) is -3.32. The van der Waals surface area contributed by atoms with E-state index in [1.807, 2.05) is 0 Å². The number of amides is 2. The Morgan fingerprint density at radius 2 is 2.11 bits per heavy atom. The van der Waals surface area contributed by atoms with Crippen LogP contribution in [0, 0.1) is 0 Å². The summed E-state index contributed by atoms with van der Waals surface area (Å²) in [6, 6.07) is 2.15. The molecule has 0 bridgehead atoms. The Kier molecular flexibility index (Phi) is 6.50. The molecule has 3 aromatic rings. The van der Waals surface area contributed by atoms with Crippen molar-refractivity contribution in [3.8, 4) is 0 Å². The van der Waals surface area contributed by atoms with E-state index in [1.165, 1.54) is 39.6 Å². The van der Waals surface area contributed by atoms with Crippen molar-refractivity contribution in [2.75, 3.05) is 18.6 Å². The number of nitrogen functional groups attached to an aromatic ring is 1. The Balaban J connectivity index is 1.36. The monoisotopic (exact) mass is 558 g/mol. The zero-order valence-corrected chi connectivity index (χ0v) is 21.2. The average molecular weight is 559 g/mol. The summed E-state index contributed by atoms with van der Waals surface area (Å²) >= 11 is 2.43. The van der Waals surface area contributed by atoms with Gasteiger partial charge in [-0.1, -0.05) is 5.16 Å². The molecule has 2 atom stereocenters. The number of aromatic carboxylic acids is 1. The molecule has 5 heterocycles. The second-order valence-corrected chi connectivity index (χ2v) is 10.2. The maximum Gasteiger partial charge on any atom is 0.352 e. The highest BCUT2D eigenvalue weighted by atomic mass is 32.2. The third-order valence-electron chi connectivity index (χ3n) is 5.95. The van der Waals surface area contributed by atoms with Crippen LogP contribution in [0.2, 0.25) is 0 Å². The number of nitrogens with zero attached hydrogens (tertiary/aromatic N) is 5. The molecular formula is C22H20N7O7S2+. The minimum absolute atomic E-state index is 0.102. The molecule has 5 N–H and O–H groups in total. The Morgan fingerprint density at radius 3 is 2.76 bits per heavy atom. The number of β-lactam (4-membered cyclic amide) rings is 1. The van der Waals surface area contributed by atoms with Crippen molar-refractivity contribution >= 4 is 63.2 Å². The molecule has 1 saturated heterocycles. The van der Waals surface area contributed by atoms with Crippen LogP contribution in [0.5, 0.6) is 0 Å². The zero-order chi connectivity index (χ0) is 27.1. The second kappa shape index (κ2) is 9.79. The maximum atomic E-state index is 13.0. The first-order valence-electron chi connectivity index (χ1n) is 11.0. The van der Waals surface area contributed by atoms with Crippen molar-refractivity contribution in [1.82, 2.24) is 19.6 Å². The Labute approximate surface area is 222 Å². The number of rotatable bonds is 8. The van der Waals surface area contributed by atoms with Gasteiger partial charge in [0.15, 0.2) is 29.8 Å². The number of fused-ring (bicyclic) bond motifs is 2. The van der Waals surface area contributed by atoms with Gasteiger partial charge >= 0.3 is 11.9 Å². The number of carboxylic acid groups (broad SMARTS) is 2. The SMILES string of the molecule is CO/N=C(\C(=O)N[C@@H]1C(=O)N2C(C(=O)O)=C(C[n+]3ccn4c(C(=O)O)ccc4c3)CS[C@H]12)c1csc(N)n1. The fourth-order valence-corrected chi connectivity index (χ4v) is 6.18. The standard InChI is InChI=1S/C22H19N7O7S2/c1-36-26-14(12-9-38-22(23)24-12)17(30)25-15-18(31)29-16(21(34)35)10(8-37-19(15)29)6-27-4-5-28-11(7-27)2-3-13(28)20(32)33/h2-5,7,9,15,19H,6,8H2,1H3,(H4-,23,24,25,30,32,33,34,35)/p+1/b26-14-/t15-,19-/m1/s1. The quantitative estimate of drug-likeness (QED) is 0.124. The molecule has 0 unspecified atom stereocenters. The van der Waals surface area contributed by atoms with Crippen molar-refractivity contribution in [2.45, 2.75) is 18.0 Å². The number of aliphatic carboxylic acids is 1. The van der Waals surface area contributed by atoms with E-state index >= 15 is 0 Å². The number of hydrogen-bond acceptors (Lipinski definition) is 10. The van der Waals surface area contributed by atoms with E-state index in [0.29, 0.717) is 16.8 Å². The molecule has 16 heteroatoms. The molecule has 0 aliphatic carbocycles. The second-order valence-electron chi connectivity index (χ2n) is 8.23. The van der Waals surface area contributed by atoms with Gasteiger partial charge in [0, 0.05) is 16.7 Å². The van der Waals surface area contributed by atoms with E-state index in [4.69, 9.17) is 10.6 Å². The number of nitrogens with one attached hydrogen (secondary N) is 1. The van der Waals surface area contributed by atoms with Crippen LogP contribution in [0.25, 0.3) is 5.52 Å². The highest BCUT2D eigenvalue weighted by Crippen LogP contribution is 2.40. The molecule has 38 heavy (non-hydrogen) atoms. The molecule has 1 fully saturated rings. The lowest BCUT2D eigenvalue weighted by Crippen LogP contribution is -2.71. The van der Waals surface area contributed by atoms with Crippen LogP contribution in [0.3, 0.4) is 0 Å². The van der Waals surface area contributed by atoms with Gasteiger partial charge in [0.1, 0.15) is 41.1 Å². The van der Waals surface area contributed by atoms with E-state index in [0.717, 1.165) is 11.3 Å². The molecule has 0 radical (unpaired) electrons. The number of thiazole rings is 1. The number of carbonyl (C=O) groups excluding carboxylic acids is 2. The van der Waals surface area contributed by atoms with Crippen LogP contribution >= 0.6 is 23.1 Å². The summed E-state index contributed by atoms with van der Waals surface area (Å²) in [4.78, 5) is 59.4. The van der Waals surface area contributed by atoms with Crippen molar-refractivity contribution < 1.29 is 38.8 Å². The van der Waals surface area contributed by atoms with E-state index < -0.39 is 35.2 Å². The van der Waals surface area contributed by atoms with Crippen molar-refractivity contribution in [3.63, 3.8) is 0 Å². The molecule has 3 aromatic heterocycles. The molecule has 2 aliphatic heterocycles. The highest BCUT2D eigenvalue weighted by molar-refractivity contribution is 8.00. The molecule has 5 rings (SSSR count). The predicted molar refractivity (Wildman–Crippen MR) is 134 cm³/mol. The molecular weight excluding hydrogens is 538 g/mol. The van der Waals surface area contributed by atoms with Gasteiger partial charge in [-0.15, -0.1) is 23.1 Å². The first-order valence-corrected chi connectivity index (χ1v) is 12.9. The topological polar surface area (TPSA) is 193 Å². The predicted octanol–water partition coefficient (Wildman–Crippen LogP) is -0.247. The minimum atomic E-state index is -1.26. The molecule has 0 spiro atoms. The van der Waals surface area contributed by atoms with Crippen LogP contribution in [0.1, 0.15) is 16.2 Å². The van der Waals surface area contributed by atoms with Gasteiger partial charge in [-0.25, -0.2) is 14.6 Å². The summed E-state index contributed by atoms with van der Waals surface area (Å²) in [7, 11) is 1.26. The third kappa shape index (κ3) is 4.32. The number of carbonyl (C=O) groups is 4. The Bertz CT molecular complexity index is 1560. The summed E-state index contributed by atoms with van der Waals surface area (Å²) < 4.78 is 3.22. The van der Waals surface area contributed by atoms with Gasteiger partial charge in [0.2, 0.25) is 0 Å². The number of aromatic nitrogens is 3.